The maximum absolute atomic E-state index is 11.1. The number of halogens is 1. The number of carboxylic acids is 1. The van der Waals surface area contributed by atoms with Crippen LogP contribution in [0.4, 0.5) is 0 Å². The molecule has 1 fully saturated rings. The fraction of sp³-hybridized carbons (Fsp3) is 0.545. The standard InChI is InChI=1S/C11H11ClO2S/c12-10-8(11(13)14)7-4-5-1-2-6(3-5)9(7)15-10/h5-6H,1-4H2,(H,13,14)/t5-,6+/m1/s1. The molecule has 2 aliphatic rings. The Labute approximate surface area is 96.9 Å². The summed E-state index contributed by atoms with van der Waals surface area (Å²) in [6.07, 6.45) is 4.63. The number of aromatic carboxylic acids is 1. The number of rotatable bonds is 1. The second-order valence-corrected chi connectivity index (χ2v) is 6.13. The third-order valence-corrected chi connectivity index (χ3v) is 5.22. The van der Waals surface area contributed by atoms with Crippen molar-refractivity contribution in [3.8, 4) is 0 Å². The molecule has 2 nitrogen and oxygen atoms in total. The lowest BCUT2D eigenvalue weighted by molar-refractivity contribution is 0.0696. The van der Waals surface area contributed by atoms with Crippen molar-refractivity contribution in [2.24, 2.45) is 5.92 Å². The van der Waals surface area contributed by atoms with E-state index >= 15 is 0 Å². The van der Waals surface area contributed by atoms with Gasteiger partial charge in [-0.25, -0.2) is 4.79 Å². The van der Waals surface area contributed by atoms with Crippen LogP contribution in [-0.2, 0) is 6.42 Å². The Morgan fingerprint density at radius 2 is 2.27 bits per heavy atom. The van der Waals surface area contributed by atoms with Crippen LogP contribution in [-0.4, -0.2) is 11.1 Å². The molecule has 0 saturated heterocycles. The minimum atomic E-state index is -0.862. The molecule has 3 rings (SSSR count). The molecule has 0 radical (unpaired) electrons. The smallest absolute Gasteiger partial charge is 0.338 e. The summed E-state index contributed by atoms with van der Waals surface area (Å²) in [6, 6.07) is 0. The summed E-state index contributed by atoms with van der Waals surface area (Å²) in [7, 11) is 0. The van der Waals surface area contributed by atoms with Crippen LogP contribution in [0.2, 0.25) is 4.34 Å². The second-order valence-electron chi connectivity index (χ2n) is 4.48. The molecule has 0 unspecified atom stereocenters. The predicted octanol–water partition coefficient (Wildman–Crippen LogP) is 3.54. The zero-order valence-corrected chi connectivity index (χ0v) is 9.70. The molecular formula is C11H11ClO2S. The fourth-order valence-electron chi connectivity index (χ4n) is 2.98. The number of hydrogen-bond acceptors (Lipinski definition) is 2. The minimum Gasteiger partial charge on any atom is -0.478 e. The number of carboxylic acid groups (broad SMARTS) is 1. The summed E-state index contributed by atoms with van der Waals surface area (Å²) in [5.41, 5.74) is 1.42. The quantitative estimate of drug-likeness (QED) is 0.818. The van der Waals surface area contributed by atoms with Crippen molar-refractivity contribution >= 4 is 28.9 Å². The van der Waals surface area contributed by atoms with E-state index < -0.39 is 5.97 Å². The summed E-state index contributed by atoms with van der Waals surface area (Å²) >= 11 is 7.49. The van der Waals surface area contributed by atoms with Gasteiger partial charge in [0.25, 0.3) is 0 Å². The van der Waals surface area contributed by atoms with E-state index in [1.54, 1.807) is 0 Å². The third kappa shape index (κ3) is 1.33. The fourth-order valence-corrected chi connectivity index (χ4v) is 4.62. The molecule has 2 aliphatic carbocycles. The Hall–Kier alpha value is -0.540. The van der Waals surface area contributed by atoms with Crippen LogP contribution in [0.25, 0.3) is 0 Å². The van der Waals surface area contributed by atoms with Crippen molar-refractivity contribution in [3.05, 3.63) is 20.3 Å². The van der Waals surface area contributed by atoms with E-state index in [0.29, 0.717) is 21.7 Å². The number of thiophene rings is 1. The van der Waals surface area contributed by atoms with Crippen LogP contribution < -0.4 is 0 Å². The maximum Gasteiger partial charge on any atom is 0.338 e. The average molecular weight is 243 g/mol. The molecule has 2 atom stereocenters. The highest BCUT2D eigenvalue weighted by Gasteiger charge is 2.37. The lowest BCUT2D eigenvalue weighted by Gasteiger charge is -2.19. The van der Waals surface area contributed by atoms with Crippen LogP contribution in [0, 0.1) is 5.92 Å². The third-order valence-electron chi connectivity index (χ3n) is 3.61. The zero-order valence-electron chi connectivity index (χ0n) is 8.12. The summed E-state index contributed by atoms with van der Waals surface area (Å²) in [5.74, 6) is 0.430. The highest BCUT2D eigenvalue weighted by molar-refractivity contribution is 7.17. The Balaban J connectivity index is 2.17. The largest absolute Gasteiger partial charge is 0.478 e. The van der Waals surface area contributed by atoms with E-state index in [4.69, 9.17) is 16.7 Å². The van der Waals surface area contributed by atoms with Gasteiger partial charge < -0.3 is 5.11 Å². The summed E-state index contributed by atoms with van der Waals surface area (Å²) in [4.78, 5) is 12.4. The molecule has 0 aromatic carbocycles. The number of carbonyl (C=O) groups is 1. The predicted molar refractivity (Wildman–Crippen MR) is 60.1 cm³/mol. The molecule has 4 heteroatoms. The van der Waals surface area contributed by atoms with Crippen LogP contribution in [0.5, 0.6) is 0 Å². The number of fused-ring (bicyclic) bond motifs is 4. The first-order valence-electron chi connectivity index (χ1n) is 5.21. The van der Waals surface area contributed by atoms with Gasteiger partial charge in [-0.2, -0.15) is 0 Å². The van der Waals surface area contributed by atoms with Gasteiger partial charge in [0, 0.05) is 4.88 Å². The molecule has 1 N–H and O–H groups in total. The van der Waals surface area contributed by atoms with Crippen molar-refractivity contribution in [3.63, 3.8) is 0 Å². The molecule has 0 aliphatic heterocycles. The van der Waals surface area contributed by atoms with E-state index in [1.165, 1.54) is 35.5 Å². The van der Waals surface area contributed by atoms with Crippen molar-refractivity contribution < 1.29 is 9.90 Å². The zero-order chi connectivity index (χ0) is 10.6. The Bertz CT molecular complexity index is 438. The first kappa shape index (κ1) is 9.67. The first-order valence-corrected chi connectivity index (χ1v) is 6.40. The molecule has 1 saturated carbocycles. The average Bonchev–Trinajstić information content (AvgIpc) is 2.69. The summed E-state index contributed by atoms with van der Waals surface area (Å²) < 4.78 is 0.472. The first-order chi connectivity index (χ1) is 7.16. The molecular weight excluding hydrogens is 232 g/mol. The van der Waals surface area contributed by atoms with Gasteiger partial charge in [0.1, 0.15) is 4.34 Å². The van der Waals surface area contributed by atoms with Gasteiger partial charge in [-0.15, -0.1) is 11.3 Å². The van der Waals surface area contributed by atoms with Crippen molar-refractivity contribution in [1.29, 1.82) is 0 Å². The van der Waals surface area contributed by atoms with Gasteiger partial charge in [0.15, 0.2) is 0 Å². The summed E-state index contributed by atoms with van der Waals surface area (Å²) in [6.45, 7) is 0. The normalized spacial score (nSPS) is 27.8. The Morgan fingerprint density at radius 3 is 3.00 bits per heavy atom. The molecule has 0 amide bonds. The number of hydrogen-bond donors (Lipinski definition) is 1. The molecule has 2 bridgehead atoms. The van der Waals surface area contributed by atoms with Gasteiger partial charge in [0.2, 0.25) is 0 Å². The highest BCUT2D eigenvalue weighted by atomic mass is 35.5. The molecule has 0 spiro atoms. The van der Waals surface area contributed by atoms with Crippen LogP contribution in [0.1, 0.15) is 46.0 Å². The molecule has 1 heterocycles. The van der Waals surface area contributed by atoms with E-state index in [-0.39, 0.29) is 0 Å². The van der Waals surface area contributed by atoms with Gasteiger partial charge in [-0.05, 0) is 43.1 Å². The molecule has 1 aromatic rings. The Morgan fingerprint density at radius 1 is 1.47 bits per heavy atom. The minimum absolute atomic E-state index is 0.383. The van der Waals surface area contributed by atoms with Gasteiger partial charge in [0.05, 0.1) is 5.56 Å². The Kier molecular flexibility index (Phi) is 2.08. The van der Waals surface area contributed by atoms with Crippen LogP contribution >= 0.6 is 22.9 Å². The second kappa shape index (κ2) is 3.22. The van der Waals surface area contributed by atoms with Crippen molar-refractivity contribution in [1.82, 2.24) is 0 Å². The lowest BCUT2D eigenvalue weighted by Crippen LogP contribution is -2.11. The van der Waals surface area contributed by atoms with E-state index in [0.717, 1.165) is 12.0 Å². The van der Waals surface area contributed by atoms with E-state index in [1.807, 2.05) is 0 Å². The molecule has 80 valence electrons. The highest BCUT2D eigenvalue weighted by Crippen LogP contribution is 2.51. The van der Waals surface area contributed by atoms with E-state index in [9.17, 15) is 4.79 Å². The van der Waals surface area contributed by atoms with Gasteiger partial charge >= 0.3 is 5.97 Å². The van der Waals surface area contributed by atoms with E-state index in [2.05, 4.69) is 0 Å². The lowest BCUT2D eigenvalue weighted by atomic mass is 9.87. The van der Waals surface area contributed by atoms with Crippen molar-refractivity contribution in [2.45, 2.75) is 31.6 Å². The van der Waals surface area contributed by atoms with Crippen molar-refractivity contribution in [2.75, 3.05) is 0 Å². The topological polar surface area (TPSA) is 37.3 Å². The van der Waals surface area contributed by atoms with Crippen LogP contribution in [0.3, 0.4) is 0 Å². The van der Waals surface area contributed by atoms with Crippen LogP contribution in [0.15, 0.2) is 0 Å². The summed E-state index contributed by atoms with van der Waals surface area (Å²) in [5, 5.41) is 9.13. The molecule has 1 aromatic heterocycles. The SMILES string of the molecule is O=C(O)c1c(Cl)sc2c1C[C@@H]1CC[C@H]2C1. The van der Waals surface area contributed by atoms with Gasteiger partial charge in [-0.3, -0.25) is 0 Å². The maximum atomic E-state index is 11.1. The monoisotopic (exact) mass is 242 g/mol. The molecule has 15 heavy (non-hydrogen) atoms. The van der Waals surface area contributed by atoms with Gasteiger partial charge in [-0.1, -0.05) is 11.6 Å².